The highest BCUT2D eigenvalue weighted by molar-refractivity contribution is 5.93. The van der Waals surface area contributed by atoms with Crippen LogP contribution in [0.2, 0.25) is 0 Å². The van der Waals surface area contributed by atoms with Crippen molar-refractivity contribution in [2.24, 2.45) is 7.05 Å². The summed E-state index contributed by atoms with van der Waals surface area (Å²) in [4.78, 5) is 30.4. The lowest BCUT2D eigenvalue weighted by molar-refractivity contribution is -0.133. The molecule has 0 atom stereocenters. The van der Waals surface area contributed by atoms with Gasteiger partial charge in [-0.1, -0.05) is 48.5 Å². The first kappa shape index (κ1) is 27.0. The lowest BCUT2D eigenvalue weighted by Gasteiger charge is -2.28. The Morgan fingerprint density at radius 3 is 2.28 bits per heavy atom. The van der Waals surface area contributed by atoms with Gasteiger partial charge in [-0.25, -0.2) is 4.79 Å². The monoisotopic (exact) mass is 490 g/mol. The first-order valence-electron chi connectivity index (χ1n) is 12.5. The third-order valence-corrected chi connectivity index (χ3v) is 6.22. The number of ether oxygens (including phenoxy) is 1. The van der Waals surface area contributed by atoms with Gasteiger partial charge in [-0.3, -0.25) is 4.79 Å². The maximum absolute atomic E-state index is 13.6. The van der Waals surface area contributed by atoms with Crippen molar-refractivity contribution < 1.29 is 14.3 Å². The lowest BCUT2D eigenvalue weighted by atomic mass is 10.1. The molecule has 0 radical (unpaired) electrons. The van der Waals surface area contributed by atoms with E-state index >= 15 is 0 Å². The van der Waals surface area contributed by atoms with E-state index in [0.717, 1.165) is 28.1 Å². The molecule has 7 heteroatoms. The molecule has 0 saturated carbocycles. The summed E-state index contributed by atoms with van der Waals surface area (Å²) in [7, 11) is 1.97. The van der Waals surface area contributed by atoms with Gasteiger partial charge < -0.3 is 24.4 Å². The Hall–Kier alpha value is -3.58. The predicted octanol–water partition coefficient (Wildman–Crippen LogP) is 5.13. The normalized spacial score (nSPS) is 10.8. The fourth-order valence-corrected chi connectivity index (χ4v) is 4.11. The van der Waals surface area contributed by atoms with Crippen LogP contribution in [-0.2, 0) is 29.7 Å². The molecule has 3 aromatic rings. The number of carbonyl (C=O) groups excluding carboxylic acids is 2. The number of aromatic nitrogens is 1. The number of urea groups is 1. The number of rotatable bonds is 12. The molecular weight excluding hydrogens is 452 g/mol. The molecule has 1 heterocycles. The predicted molar refractivity (Wildman–Crippen MR) is 144 cm³/mol. The average molecular weight is 491 g/mol. The number of para-hydroxylation sites is 1. The number of hydrogen-bond donors (Lipinski definition) is 1. The largest absolute Gasteiger partial charge is 0.382 e. The third-order valence-electron chi connectivity index (χ3n) is 6.22. The van der Waals surface area contributed by atoms with Gasteiger partial charge in [-0.05, 0) is 56.0 Å². The second-order valence-electron chi connectivity index (χ2n) is 9.01. The van der Waals surface area contributed by atoms with Crippen molar-refractivity contribution >= 4 is 17.6 Å². The Morgan fingerprint density at radius 2 is 1.64 bits per heavy atom. The molecular formula is C29H38N4O3. The molecule has 0 saturated heterocycles. The summed E-state index contributed by atoms with van der Waals surface area (Å²) in [5, 5.41) is 3.04. The van der Waals surface area contributed by atoms with Crippen LogP contribution in [0.15, 0.2) is 66.9 Å². The number of nitrogens with zero attached hydrogens (tertiary/aromatic N) is 3. The Balaban J connectivity index is 1.79. The van der Waals surface area contributed by atoms with E-state index in [4.69, 9.17) is 4.74 Å². The van der Waals surface area contributed by atoms with E-state index in [1.54, 1.807) is 4.90 Å². The fraction of sp³-hybridized carbons (Fsp3) is 0.379. The van der Waals surface area contributed by atoms with Gasteiger partial charge in [0.1, 0.15) is 6.54 Å². The molecule has 36 heavy (non-hydrogen) atoms. The standard InChI is InChI=1S/C29H38N4O3/c1-5-36-19-11-18-32(29(35)30-28-23(2)12-9-13-24(28)3)22-27(34)33(20-25-14-7-6-8-15-25)21-26-16-10-17-31(26)4/h6-10,12-17H,5,11,18-22H2,1-4H3,(H,30,35). The zero-order chi connectivity index (χ0) is 25.9. The van der Waals surface area contributed by atoms with Crippen molar-refractivity contribution in [1.82, 2.24) is 14.4 Å². The van der Waals surface area contributed by atoms with Crippen molar-refractivity contribution in [3.8, 4) is 0 Å². The summed E-state index contributed by atoms with van der Waals surface area (Å²) in [6, 6.07) is 19.5. The first-order chi connectivity index (χ1) is 17.4. The molecule has 0 aliphatic rings. The molecule has 3 rings (SSSR count). The van der Waals surface area contributed by atoms with Crippen molar-refractivity contribution in [3.63, 3.8) is 0 Å². The number of anilines is 1. The molecule has 2 aromatic carbocycles. The van der Waals surface area contributed by atoms with E-state index in [9.17, 15) is 9.59 Å². The Labute approximate surface area is 214 Å². The van der Waals surface area contributed by atoms with E-state index in [1.807, 2.05) is 104 Å². The molecule has 0 bridgehead atoms. The van der Waals surface area contributed by atoms with Crippen molar-refractivity contribution in [3.05, 3.63) is 89.2 Å². The quantitative estimate of drug-likeness (QED) is 0.358. The van der Waals surface area contributed by atoms with E-state index in [1.165, 1.54) is 0 Å². The zero-order valence-electron chi connectivity index (χ0n) is 21.9. The topological polar surface area (TPSA) is 66.8 Å². The highest BCUT2D eigenvalue weighted by atomic mass is 16.5. The second kappa shape index (κ2) is 13.5. The third kappa shape index (κ3) is 7.71. The van der Waals surface area contributed by atoms with Crippen molar-refractivity contribution in [2.45, 2.75) is 40.3 Å². The number of benzene rings is 2. The smallest absolute Gasteiger partial charge is 0.322 e. The summed E-state index contributed by atoms with van der Waals surface area (Å²) in [6.45, 7) is 8.37. The summed E-state index contributed by atoms with van der Waals surface area (Å²) in [6.07, 6.45) is 2.62. The number of carbonyl (C=O) groups is 2. The number of aryl methyl sites for hydroxylation is 3. The van der Waals surface area contributed by atoms with Gasteiger partial charge in [0.2, 0.25) is 5.91 Å². The van der Waals surface area contributed by atoms with Gasteiger partial charge in [0.05, 0.1) is 6.54 Å². The van der Waals surface area contributed by atoms with Crippen LogP contribution < -0.4 is 5.32 Å². The molecule has 0 aliphatic heterocycles. The van der Waals surface area contributed by atoms with Crippen LogP contribution in [0.25, 0.3) is 0 Å². The van der Waals surface area contributed by atoms with Crippen LogP contribution in [0.5, 0.6) is 0 Å². The second-order valence-corrected chi connectivity index (χ2v) is 9.01. The molecule has 0 aliphatic carbocycles. The van der Waals surface area contributed by atoms with Crippen LogP contribution >= 0.6 is 0 Å². The van der Waals surface area contributed by atoms with E-state index in [-0.39, 0.29) is 18.5 Å². The first-order valence-corrected chi connectivity index (χ1v) is 12.5. The summed E-state index contributed by atoms with van der Waals surface area (Å²) in [5.41, 5.74) is 4.83. The number of nitrogens with one attached hydrogen (secondary N) is 1. The van der Waals surface area contributed by atoms with Gasteiger partial charge >= 0.3 is 6.03 Å². The van der Waals surface area contributed by atoms with Gasteiger partial charge in [0.25, 0.3) is 0 Å². The van der Waals surface area contributed by atoms with Crippen LogP contribution in [0, 0.1) is 13.8 Å². The Morgan fingerprint density at radius 1 is 0.917 bits per heavy atom. The lowest BCUT2D eigenvalue weighted by Crippen LogP contribution is -2.45. The SMILES string of the molecule is CCOCCCN(CC(=O)N(Cc1ccccc1)Cc1cccn1C)C(=O)Nc1c(C)cccc1C. The van der Waals surface area contributed by atoms with Crippen LogP contribution in [-0.4, -0.2) is 52.6 Å². The molecule has 0 spiro atoms. The minimum Gasteiger partial charge on any atom is -0.382 e. The average Bonchev–Trinajstić information content (AvgIpc) is 3.27. The van der Waals surface area contributed by atoms with Crippen molar-refractivity contribution in [2.75, 3.05) is 31.6 Å². The molecule has 0 fully saturated rings. The Bertz CT molecular complexity index is 1110. The number of amides is 3. The molecule has 7 nitrogen and oxygen atoms in total. The molecule has 192 valence electrons. The van der Waals surface area contributed by atoms with E-state index in [0.29, 0.717) is 39.3 Å². The van der Waals surface area contributed by atoms with E-state index in [2.05, 4.69) is 5.32 Å². The fourth-order valence-electron chi connectivity index (χ4n) is 4.11. The minimum atomic E-state index is -0.282. The van der Waals surface area contributed by atoms with E-state index < -0.39 is 0 Å². The minimum absolute atomic E-state index is 0.0137. The Kier molecular flexibility index (Phi) is 10.1. The summed E-state index contributed by atoms with van der Waals surface area (Å²) >= 11 is 0. The van der Waals surface area contributed by atoms with Crippen LogP contribution in [0.4, 0.5) is 10.5 Å². The highest BCUT2D eigenvalue weighted by Gasteiger charge is 2.23. The number of hydrogen-bond acceptors (Lipinski definition) is 3. The van der Waals surface area contributed by atoms with Crippen LogP contribution in [0.3, 0.4) is 0 Å². The molecule has 3 amide bonds. The molecule has 0 unspecified atom stereocenters. The summed E-state index contributed by atoms with van der Waals surface area (Å²) < 4.78 is 7.49. The van der Waals surface area contributed by atoms with Crippen molar-refractivity contribution in [1.29, 1.82) is 0 Å². The maximum atomic E-state index is 13.6. The highest BCUT2D eigenvalue weighted by Crippen LogP contribution is 2.20. The van der Waals surface area contributed by atoms with Gasteiger partial charge in [-0.15, -0.1) is 0 Å². The van der Waals surface area contributed by atoms with Gasteiger partial charge in [0.15, 0.2) is 0 Å². The molecule has 1 aromatic heterocycles. The maximum Gasteiger partial charge on any atom is 0.322 e. The zero-order valence-corrected chi connectivity index (χ0v) is 21.9. The molecule has 1 N–H and O–H groups in total. The van der Waals surface area contributed by atoms with Gasteiger partial charge in [0, 0.05) is 50.9 Å². The summed E-state index contributed by atoms with van der Waals surface area (Å²) in [5.74, 6) is -0.104. The van der Waals surface area contributed by atoms with Crippen LogP contribution in [0.1, 0.15) is 35.7 Å². The van der Waals surface area contributed by atoms with Gasteiger partial charge in [-0.2, -0.15) is 0 Å².